The number of thiophene rings is 1. The zero-order chi connectivity index (χ0) is 28.2. The van der Waals surface area contributed by atoms with Gasteiger partial charge in [-0.3, -0.25) is 0 Å². The second-order valence-corrected chi connectivity index (χ2v) is 11.4. The largest absolute Gasteiger partial charge is 0.456 e. The Bertz CT molecular complexity index is 2450. The predicted octanol–water partition coefficient (Wildman–Crippen LogP) is 10.7. The number of nitrogens with zero attached hydrogens (tertiary/aromatic N) is 2. The molecule has 0 bridgehead atoms. The molecular formula is C38H20N2OS. The molecule has 8 rings (SSSR count). The minimum Gasteiger partial charge on any atom is -0.456 e. The van der Waals surface area contributed by atoms with E-state index in [4.69, 9.17) is 4.42 Å². The highest BCUT2D eigenvalue weighted by molar-refractivity contribution is 7.25. The molecule has 0 fully saturated rings. The van der Waals surface area contributed by atoms with E-state index in [1.54, 1.807) is 17.4 Å². The Hall–Kier alpha value is -5.68. The van der Waals surface area contributed by atoms with Crippen molar-refractivity contribution in [2.45, 2.75) is 0 Å². The van der Waals surface area contributed by atoms with Crippen molar-refractivity contribution in [1.82, 2.24) is 0 Å². The van der Waals surface area contributed by atoms with Gasteiger partial charge in [-0.15, -0.1) is 11.3 Å². The van der Waals surface area contributed by atoms with Gasteiger partial charge in [-0.25, -0.2) is 0 Å². The van der Waals surface area contributed by atoms with E-state index in [-0.39, 0.29) is 0 Å². The Morgan fingerprint density at radius 1 is 0.476 bits per heavy atom. The molecule has 2 aromatic heterocycles. The summed E-state index contributed by atoms with van der Waals surface area (Å²) in [5, 5.41) is 25.1. The lowest BCUT2D eigenvalue weighted by Gasteiger charge is -2.15. The second kappa shape index (κ2) is 9.46. The zero-order valence-corrected chi connectivity index (χ0v) is 23.1. The molecule has 0 aliphatic heterocycles. The highest BCUT2D eigenvalue weighted by atomic mass is 32.1. The van der Waals surface area contributed by atoms with Crippen LogP contribution in [0.2, 0.25) is 0 Å². The summed E-state index contributed by atoms with van der Waals surface area (Å²) >= 11 is 1.78. The van der Waals surface area contributed by atoms with Gasteiger partial charge in [0, 0.05) is 47.6 Å². The van der Waals surface area contributed by atoms with E-state index >= 15 is 0 Å². The van der Waals surface area contributed by atoms with Gasteiger partial charge >= 0.3 is 0 Å². The summed E-state index contributed by atoms with van der Waals surface area (Å²) in [6, 6.07) is 45.6. The predicted molar refractivity (Wildman–Crippen MR) is 172 cm³/mol. The lowest BCUT2D eigenvalue weighted by Crippen LogP contribution is -1.94. The number of furan rings is 1. The van der Waals surface area contributed by atoms with E-state index in [0.29, 0.717) is 11.1 Å². The van der Waals surface area contributed by atoms with Gasteiger partial charge in [0.05, 0.1) is 17.2 Å². The van der Waals surface area contributed by atoms with Crippen LogP contribution < -0.4 is 0 Å². The van der Waals surface area contributed by atoms with Gasteiger partial charge in [0.25, 0.3) is 0 Å². The van der Waals surface area contributed by atoms with Crippen molar-refractivity contribution in [1.29, 1.82) is 10.5 Å². The lowest BCUT2D eigenvalue weighted by atomic mass is 9.86. The maximum absolute atomic E-state index is 10.6. The fourth-order valence-electron chi connectivity index (χ4n) is 5.98. The van der Waals surface area contributed by atoms with E-state index in [1.807, 2.05) is 48.5 Å². The molecule has 0 aliphatic carbocycles. The number of benzene rings is 6. The first-order chi connectivity index (χ1) is 20.7. The molecule has 0 unspecified atom stereocenters. The molecule has 0 saturated carbocycles. The third-order valence-corrected chi connectivity index (χ3v) is 9.12. The molecule has 0 saturated heterocycles. The Morgan fingerprint density at radius 2 is 1.19 bits per heavy atom. The van der Waals surface area contributed by atoms with E-state index in [9.17, 15) is 10.5 Å². The number of hydrogen-bond donors (Lipinski definition) is 0. The van der Waals surface area contributed by atoms with Crippen LogP contribution >= 0.6 is 11.3 Å². The Labute approximate surface area is 245 Å². The first-order valence-electron chi connectivity index (χ1n) is 13.6. The highest BCUT2D eigenvalue weighted by Gasteiger charge is 2.19. The van der Waals surface area contributed by atoms with E-state index < -0.39 is 0 Å². The Balaban J connectivity index is 1.41. The summed E-state index contributed by atoms with van der Waals surface area (Å²) in [5.74, 6) is 0. The second-order valence-electron chi connectivity index (χ2n) is 10.3. The normalized spacial score (nSPS) is 11.3. The maximum Gasteiger partial charge on any atom is 0.135 e. The molecule has 3 nitrogen and oxygen atoms in total. The van der Waals surface area contributed by atoms with Crippen LogP contribution in [0.15, 0.2) is 126 Å². The van der Waals surface area contributed by atoms with Gasteiger partial charge in [-0.05, 0) is 65.2 Å². The quantitative estimate of drug-likeness (QED) is 0.219. The average molecular weight is 553 g/mol. The minimum absolute atomic E-state index is 0.535. The topological polar surface area (TPSA) is 60.7 Å². The van der Waals surface area contributed by atoms with Crippen molar-refractivity contribution < 1.29 is 4.42 Å². The SMILES string of the molecule is N#Cc1ccccc1-c1cc(-c2ccc3c(c2)sc2ccccc23)cc(-c2ccc3oc4ccccc4c3c2)c1C#N. The van der Waals surface area contributed by atoms with Crippen LogP contribution in [-0.2, 0) is 0 Å². The molecule has 0 atom stereocenters. The molecule has 0 amide bonds. The molecule has 4 heteroatoms. The van der Waals surface area contributed by atoms with E-state index in [1.165, 1.54) is 20.2 Å². The smallest absolute Gasteiger partial charge is 0.135 e. The van der Waals surface area contributed by atoms with Crippen LogP contribution in [0, 0.1) is 22.7 Å². The van der Waals surface area contributed by atoms with Crippen LogP contribution in [0.1, 0.15) is 11.1 Å². The third-order valence-electron chi connectivity index (χ3n) is 7.99. The molecule has 6 aromatic carbocycles. The molecule has 42 heavy (non-hydrogen) atoms. The van der Waals surface area contributed by atoms with Crippen LogP contribution in [0.25, 0.3) is 75.5 Å². The summed E-state index contributed by atoms with van der Waals surface area (Å²) < 4.78 is 8.55. The van der Waals surface area contributed by atoms with Gasteiger partial charge < -0.3 is 4.42 Å². The van der Waals surface area contributed by atoms with Gasteiger partial charge in [0.2, 0.25) is 0 Å². The fourth-order valence-corrected chi connectivity index (χ4v) is 7.13. The van der Waals surface area contributed by atoms with Crippen molar-refractivity contribution in [3.8, 4) is 45.5 Å². The van der Waals surface area contributed by atoms with E-state index in [0.717, 1.165) is 55.3 Å². The number of hydrogen-bond acceptors (Lipinski definition) is 4. The molecule has 8 aromatic rings. The molecule has 0 radical (unpaired) electrons. The highest BCUT2D eigenvalue weighted by Crippen LogP contribution is 2.42. The van der Waals surface area contributed by atoms with Crippen molar-refractivity contribution in [3.05, 3.63) is 132 Å². The Kier molecular flexibility index (Phi) is 5.44. The first-order valence-corrected chi connectivity index (χ1v) is 14.4. The number of nitriles is 2. The molecule has 194 valence electrons. The molecule has 0 N–H and O–H groups in total. The number of para-hydroxylation sites is 1. The van der Waals surface area contributed by atoms with Crippen LogP contribution in [0.5, 0.6) is 0 Å². The fraction of sp³-hybridized carbons (Fsp3) is 0. The summed E-state index contributed by atoms with van der Waals surface area (Å²) in [4.78, 5) is 0. The van der Waals surface area contributed by atoms with Gasteiger partial charge in [0.15, 0.2) is 0 Å². The first kappa shape index (κ1) is 24.1. The maximum atomic E-state index is 10.6. The summed E-state index contributed by atoms with van der Waals surface area (Å²) in [6.07, 6.45) is 0. The summed E-state index contributed by atoms with van der Waals surface area (Å²) in [5.41, 5.74) is 8.00. The molecule has 0 spiro atoms. The van der Waals surface area contributed by atoms with Gasteiger partial charge in [0.1, 0.15) is 17.2 Å². The zero-order valence-electron chi connectivity index (χ0n) is 22.3. The molecular weight excluding hydrogens is 532 g/mol. The van der Waals surface area contributed by atoms with Crippen molar-refractivity contribution in [3.63, 3.8) is 0 Å². The molecule has 2 heterocycles. The van der Waals surface area contributed by atoms with Crippen molar-refractivity contribution >= 4 is 53.4 Å². The summed E-state index contributed by atoms with van der Waals surface area (Å²) in [6.45, 7) is 0. The van der Waals surface area contributed by atoms with Crippen LogP contribution in [0.4, 0.5) is 0 Å². The third kappa shape index (κ3) is 3.71. The number of rotatable bonds is 3. The van der Waals surface area contributed by atoms with E-state index in [2.05, 4.69) is 78.9 Å². The van der Waals surface area contributed by atoms with Crippen molar-refractivity contribution in [2.75, 3.05) is 0 Å². The van der Waals surface area contributed by atoms with Gasteiger partial charge in [-0.1, -0.05) is 72.8 Å². The van der Waals surface area contributed by atoms with Crippen LogP contribution in [0.3, 0.4) is 0 Å². The van der Waals surface area contributed by atoms with Crippen molar-refractivity contribution in [2.24, 2.45) is 0 Å². The minimum atomic E-state index is 0.535. The Morgan fingerprint density at radius 3 is 2.07 bits per heavy atom. The summed E-state index contributed by atoms with van der Waals surface area (Å²) in [7, 11) is 0. The average Bonchev–Trinajstić information content (AvgIpc) is 3.61. The standard InChI is InChI=1S/C38H20N2OS/c39-21-25-7-1-2-8-27(25)32-19-26(23-13-15-30-29-10-4-6-12-37(29)42-38(30)20-23)18-31(34(32)22-40)24-14-16-36-33(17-24)28-9-3-5-11-35(28)41-36/h1-20H. The lowest BCUT2D eigenvalue weighted by molar-refractivity contribution is 0.669. The monoisotopic (exact) mass is 552 g/mol. The van der Waals surface area contributed by atoms with Crippen LogP contribution in [-0.4, -0.2) is 0 Å². The molecule has 0 aliphatic rings. The van der Waals surface area contributed by atoms with Gasteiger partial charge in [-0.2, -0.15) is 10.5 Å². The number of fused-ring (bicyclic) bond motifs is 6.